The third-order valence-corrected chi connectivity index (χ3v) is 8.50. The Hall–Kier alpha value is -1.02. The van der Waals surface area contributed by atoms with Gasteiger partial charge in [-0.05, 0) is 81.6 Å². The summed E-state index contributed by atoms with van der Waals surface area (Å²) in [5.74, 6) is 3.41. The molecule has 4 aliphatic rings. The van der Waals surface area contributed by atoms with Gasteiger partial charge in [-0.1, -0.05) is 30.6 Å². The first-order chi connectivity index (χ1) is 12.6. The molecule has 4 rings (SSSR count). The van der Waals surface area contributed by atoms with Gasteiger partial charge in [0.1, 0.15) is 0 Å². The van der Waals surface area contributed by atoms with Crippen LogP contribution in [-0.4, -0.2) is 17.8 Å². The van der Waals surface area contributed by atoms with Crippen molar-refractivity contribution < 1.29 is 9.84 Å². The van der Waals surface area contributed by atoms with E-state index in [4.69, 9.17) is 4.74 Å². The van der Waals surface area contributed by atoms with Crippen LogP contribution in [0.2, 0.25) is 0 Å². The van der Waals surface area contributed by atoms with Gasteiger partial charge in [0.05, 0.1) is 18.5 Å². The monoisotopic (exact) mass is 356 g/mol. The van der Waals surface area contributed by atoms with Crippen LogP contribution in [0.15, 0.2) is 35.6 Å². The van der Waals surface area contributed by atoms with Crippen molar-refractivity contribution in [3.63, 3.8) is 0 Å². The predicted molar refractivity (Wildman–Crippen MR) is 107 cm³/mol. The van der Waals surface area contributed by atoms with E-state index in [0.717, 1.165) is 37.5 Å². The summed E-state index contributed by atoms with van der Waals surface area (Å²) >= 11 is 0. The van der Waals surface area contributed by atoms with Crippen molar-refractivity contribution in [3.8, 4) is 0 Å². The summed E-state index contributed by atoms with van der Waals surface area (Å²) in [7, 11) is 1.81. The van der Waals surface area contributed by atoms with Gasteiger partial charge in [0.25, 0.3) is 0 Å². The molecule has 5 atom stereocenters. The van der Waals surface area contributed by atoms with Gasteiger partial charge in [-0.2, -0.15) is 0 Å². The van der Waals surface area contributed by atoms with Crippen LogP contribution >= 0.6 is 0 Å². The second-order valence-corrected chi connectivity index (χ2v) is 9.31. The molecule has 0 bridgehead atoms. The first kappa shape index (κ1) is 18.3. The zero-order valence-electron chi connectivity index (χ0n) is 16.7. The maximum absolute atomic E-state index is 11.6. The summed E-state index contributed by atoms with van der Waals surface area (Å²) in [6, 6.07) is 0. The highest BCUT2D eigenvalue weighted by Gasteiger charge is 2.62. The molecule has 1 N–H and O–H groups in total. The zero-order chi connectivity index (χ0) is 18.4. The van der Waals surface area contributed by atoms with Crippen LogP contribution in [-0.2, 0) is 4.74 Å². The van der Waals surface area contributed by atoms with Gasteiger partial charge in [-0.25, -0.2) is 0 Å². The molecular formula is C24H36O2. The lowest BCUT2D eigenvalue weighted by Gasteiger charge is -2.55. The molecule has 0 aromatic rings. The van der Waals surface area contributed by atoms with Crippen LogP contribution in [0.3, 0.4) is 0 Å². The third kappa shape index (κ3) is 2.55. The molecule has 0 saturated heterocycles. The maximum Gasteiger partial charge on any atom is 0.0959 e. The first-order valence-electron chi connectivity index (χ1n) is 10.9. The largest absolute Gasteiger partial charge is 0.501 e. The van der Waals surface area contributed by atoms with Crippen LogP contribution in [0.5, 0.6) is 0 Å². The van der Waals surface area contributed by atoms with Crippen LogP contribution in [0.25, 0.3) is 0 Å². The summed E-state index contributed by atoms with van der Waals surface area (Å²) < 4.78 is 5.53. The molecule has 2 heteroatoms. The SMILES string of the molecule is C=CC[C@]1(O)CC[C@H]2[C@@H]3CCC4=C(CC=C(OC)C4)[C@H]3CCC21CCC. The van der Waals surface area contributed by atoms with Crippen LogP contribution in [0, 0.1) is 23.2 Å². The summed E-state index contributed by atoms with van der Waals surface area (Å²) in [4.78, 5) is 0. The Bertz CT molecular complexity index is 630. The summed E-state index contributed by atoms with van der Waals surface area (Å²) in [5.41, 5.74) is 3.04. The van der Waals surface area contributed by atoms with E-state index in [2.05, 4.69) is 19.6 Å². The second kappa shape index (κ2) is 6.86. The number of methoxy groups -OCH3 is 1. The molecule has 144 valence electrons. The number of rotatable bonds is 5. The molecule has 26 heavy (non-hydrogen) atoms. The topological polar surface area (TPSA) is 29.5 Å². The van der Waals surface area contributed by atoms with Crippen molar-refractivity contribution in [3.05, 3.63) is 35.6 Å². The van der Waals surface area contributed by atoms with Crippen molar-refractivity contribution >= 4 is 0 Å². The van der Waals surface area contributed by atoms with Crippen molar-refractivity contribution in [2.75, 3.05) is 7.11 Å². The highest BCUT2D eigenvalue weighted by molar-refractivity contribution is 5.33. The maximum atomic E-state index is 11.6. The number of fused-ring (bicyclic) bond motifs is 4. The number of hydrogen-bond acceptors (Lipinski definition) is 2. The fourth-order valence-corrected chi connectivity index (χ4v) is 7.51. The van der Waals surface area contributed by atoms with Crippen molar-refractivity contribution in [1.29, 1.82) is 0 Å². The fraction of sp³-hybridized carbons (Fsp3) is 0.750. The highest BCUT2D eigenvalue weighted by atomic mass is 16.5. The lowest BCUT2D eigenvalue weighted by molar-refractivity contribution is -0.121. The third-order valence-electron chi connectivity index (χ3n) is 8.50. The number of aliphatic hydroxyl groups is 1. The Morgan fingerprint density at radius 1 is 1.31 bits per heavy atom. The molecule has 1 unspecified atom stereocenters. The lowest BCUT2D eigenvalue weighted by Crippen LogP contribution is -2.53. The summed E-state index contributed by atoms with van der Waals surface area (Å²) in [6.45, 7) is 6.26. The molecule has 0 spiro atoms. The van der Waals surface area contributed by atoms with Gasteiger partial charge in [-0.3, -0.25) is 0 Å². The van der Waals surface area contributed by atoms with Crippen LogP contribution in [0.1, 0.15) is 77.6 Å². The van der Waals surface area contributed by atoms with E-state index in [0.29, 0.717) is 5.92 Å². The molecule has 0 amide bonds. The van der Waals surface area contributed by atoms with Gasteiger partial charge in [0, 0.05) is 11.8 Å². The highest BCUT2D eigenvalue weighted by Crippen LogP contribution is 2.66. The van der Waals surface area contributed by atoms with Gasteiger partial charge in [0.15, 0.2) is 0 Å². The zero-order valence-corrected chi connectivity index (χ0v) is 16.7. The molecule has 2 saturated carbocycles. The molecule has 0 aliphatic heterocycles. The average molecular weight is 357 g/mol. The first-order valence-corrected chi connectivity index (χ1v) is 10.9. The summed E-state index contributed by atoms with van der Waals surface area (Å²) in [6.07, 6.45) is 16.8. The average Bonchev–Trinajstić information content (AvgIpc) is 2.94. The Morgan fingerprint density at radius 2 is 2.15 bits per heavy atom. The number of ether oxygens (including phenoxy) is 1. The molecule has 0 aromatic heterocycles. The van der Waals surface area contributed by atoms with Crippen molar-refractivity contribution in [2.45, 2.75) is 83.2 Å². The van der Waals surface area contributed by atoms with E-state index in [9.17, 15) is 5.11 Å². The minimum absolute atomic E-state index is 0.136. The van der Waals surface area contributed by atoms with Gasteiger partial charge in [0.2, 0.25) is 0 Å². The Labute approximate surface area is 159 Å². The van der Waals surface area contributed by atoms with Crippen LogP contribution < -0.4 is 0 Å². The normalized spacial score (nSPS) is 41.8. The van der Waals surface area contributed by atoms with E-state index in [1.54, 1.807) is 11.1 Å². The Balaban J connectivity index is 1.63. The molecule has 2 nitrogen and oxygen atoms in total. The van der Waals surface area contributed by atoms with E-state index in [1.165, 1.54) is 50.7 Å². The van der Waals surface area contributed by atoms with Gasteiger partial charge < -0.3 is 9.84 Å². The van der Waals surface area contributed by atoms with Crippen LogP contribution in [0.4, 0.5) is 0 Å². The van der Waals surface area contributed by atoms with E-state index < -0.39 is 5.60 Å². The van der Waals surface area contributed by atoms with E-state index >= 15 is 0 Å². The molecule has 0 heterocycles. The molecule has 2 fully saturated rings. The number of allylic oxidation sites excluding steroid dienone is 3. The van der Waals surface area contributed by atoms with Gasteiger partial charge in [-0.15, -0.1) is 6.58 Å². The van der Waals surface area contributed by atoms with Gasteiger partial charge >= 0.3 is 0 Å². The predicted octanol–water partition coefficient (Wildman–Crippen LogP) is 5.93. The van der Waals surface area contributed by atoms with Crippen molar-refractivity contribution in [1.82, 2.24) is 0 Å². The fourth-order valence-electron chi connectivity index (χ4n) is 7.51. The molecule has 0 radical (unpaired) electrons. The Kier molecular flexibility index (Phi) is 4.84. The standard InChI is InChI=1S/C24H36O2/c1-4-12-23-14-10-20-19-9-7-18(26-3)16-17(19)6-8-21(20)22(23)11-15-24(23,25)13-5-2/h5,7,20-22,25H,2,4,6,8-16H2,1,3H3/t20-,21-,22+,23?,24+/m1/s1. The lowest BCUT2D eigenvalue weighted by atomic mass is 9.50. The van der Waals surface area contributed by atoms with Crippen molar-refractivity contribution in [2.24, 2.45) is 23.2 Å². The second-order valence-electron chi connectivity index (χ2n) is 9.31. The summed E-state index contributed by atoms with van der Waals surface area (Å²) in [5, 5.41) is 11.6. The Morgan fingerprint density at radius 3 is 2.88 bits per heavy atom. The van der Waals surface area contributed by atoms with E-state index in [-0.39, 0.29) is 5.41 Å². The molecule has 0 aromatic carbocycles. The smallest absolute Gasteiger partial charge is 0.0959 e. The molecular weight excluding hydrogens is 320 g/mol. The molecule has 4 aliphatic carbocycles. The minimum Gasteiger partial charge on any atom is -0.501 e. The van der Waals surface area contributed by atoms with E-state index in [1.807, 2.05) is 13.2 Å². The number of hydrogen-bond donors (Lipinski definition) is 1. The quantitative estimate of drug-likeness (QED) is 0.619. The minimum atomic E-state index is -0.509.